The molecule has 118 valence electrons. The third kappa shape index (κ3) is 4.28. The van der Waals surface area contributed by atoms with E-state index in [4.69, 9.17) is 4.74 Å². The highest BCUT2D eigenvalue weighted by molar-refractivity contribution is 7.91. The Morgan fingerprint density at radius 2 is 2.29 bits per heavy atom. The largest absolute Gasteiger partial charge is 0.469 e. The van der Waals surface area contributed by atoms with E-state index in [1.54, 1.807) is 11.3 Å². The number of carbonyl (C=O) groups excluding carboxylic acids is 1. The lowest BCUT2D eigenvalue weighted by Crippen LogP contribution is -2.42. The Bertz CT molecular complexity index is 568. The lowest BCUT2D eigenvalue weighted by atomic mass is 10.1. The molecule has 21 heavy (non-hydrogen) atoms. The molecule has 1 heterocycles. The fourth-order valence-corrected chi connectivity index (χ4v) is 5.06. The summed E-state index contributed by atoms with van der Waals surface area (Å²) in [6.07, 6.45) is 3.90. The van der Waals surface area contributed by atoms with Gasteiger partial charge in [0, 0.05) is 17.2 Å². The number of carbonyl (C=O) groups is 1. The number of esters is 1. The number of methoxy groups -OCH3 is 1. The summed E-state index contributed by atoms with van der Waals surface area (Å²) < 4.78 is 28.5. The predicted octanol–water partition coefficient (Wildman–Crippen LogP) is 1.91. The van der Waals surface area contributed by atoms with Crippen LogP contribution in [0.25, 0.3) is 0 Å². The molecule has 1 aliphatic carbocycles. The average molecular weight is 331 g/mol. The molecule has 1 aromatic heterocycles. The van der Waals surface area contributed by atoms with E-state index >= 15 is 0 Å². The molecular formula is C14H21NO4S2. The zero-order valence-electron chi connectivity index (χ0n) is 12.2. The van der Waals surface area contributed by atoms with Crippen molar-refractivity contribution in [3.8, 4) is 0 Å². The number of ether oxygens (including phenoxy) is 1. The second-order valence-corrected chi connectivity index (χ2v) is 8.66. The van der Waals surface area contributed by atoms with Gasteiger partial charge in [-0.15, -0.1) is 11.3 Å². The van der Waals surface area contributed by atoms with Gasteiger partial charge in [0.2, 0.25) is 0 Å². The van der Waals surface area contributed by atoms with Crippen LogP contribution in [0.3, 0.4) is 0 Å². The molecule has 1 N–H and O–H groups in total. The second kappa shape index (κ2) is 6.89. The summed E-state index contributed by atoms with van der Waals surface area (Å²) in [7, 11) is -1.71. The van der Waals surface area contributed by atoms with Crippen molar-refractivity contribution in [3.63, 3.8) is 0 Å². The predicted molar refractivity (Wildman–Crippen MR) is 83.1 cm³/mol. The lowest BCUT2D eigenvalue weighted by molar-refractivity contribution is -0.141. The number of thiophene rings is 1. The highest BCUT2D eigenvalue weighted by atomic mass is 32.2. The van der Waals surface area contributed by atoms with Crippen molar-refractivity contribution < 1.29 is 17.9 Å². The van der Waals surface area contributed by atoms with E-state index in [9.17, 15) is 13.2 Å². The van der Waals surface area contributed by atoms with Crippen molar-refractivity contribution in [2.45, 2.75) is 43.0 Å². The highest BCUT2D eigenvalue weighted by Gasteiger charge is 2.36. The minimum absolute atomic E-state index is 0.100. The maximum atomic E-state index is 11.9. The van der Waals surface area contributed by atoms with E-state index in [0.717, 1.165) is 17.7 Å². The minimum atomic E-state index is -3.08. The molecule has 5 nitrogen and oxygen atoms in total. The van der Waals surface area contributed by atoms with Crippen LogP contribution in [0.1, 0.15) is 36.6 Å². The average Bonchev–Trinajstić information content (AvgIpc) is 3.07. The van der Waals surface area contributed by atoms with Crippen molar-refractivity contribution in [2.24, 2.45) is 0 Å². The maximum Gasteiger partial charge on any atom is 0.307 e. The molecule has 1 aliphatic rings. The topological polar surface area (TPSA) is 72.5 Å². The van der Waals surface area contributed by atoms with Gasteiger partial charge in [-0.25, -0.2) is 8.42 Å². The number of rotatable bonds is 6. The molecule has 1 aromatic rings. The van der Waals surface area contributed by atoms with Gasteiger partial charge in [-0.1, -0.05) is 12.5 Å². The van der Waals surface area contributed by atoms with Gasteiger partial charge in [0.1, 0.15) is 0 Å². The van der Waals surface area contributed by atoms with Gasteiger partial charge in [-0.2, -0.15) is 0 Å². The summed E-state index contributed by atoms with van der Waals surface area (Å²) in [4.78, 5) is 12.6. The first-order valence-corrected chi connectivity index (χ1v) is 9.80. The maximum absolute atomic E-state index is 11.9. The number of nitrogens with one attached hydrogen (secondary N) is 1. The molecule has 7 heteroatoms. The van der Waals surface area contributed by atoms with Crippen LogP contribution in [0.5, 0.6) is 0 Å². The van der Waals surface area contributed by atoms with Crippen molar-refractivity contribution in [2.75, 3.05) is 13.4 Å². The monoisotopic (exact) mass is 331 g/mol. The molecule has 1 fully saturated rings. The summed E-state index contributed by atoms with van der Waals surface area (Å²) in [5.74, 6) is -0.296. The zero-order valence-corrected chi connectivity index (χ0v) is 13.9. The molecule has 0 saturated heterocycles. The van der Waals surface area contributed by atoms with Gasteiger partial charge in [0.25, 0.3) is 0 Å². The fourth-order valence-electron chi connectivity index (χ4n) is 2.87. The molecule has 0 aliphatic heterocycles. The third-order valence-electron chi connectivity index (χ3n) is 3.90. The van der Waals surface area contributed by atoms with Gasteiger partial charge in [0.15, 0.2) is 9.84 Å². The zero-order chi connectivity index (χ0) is 15.5. The Balaban J connectivity index is 2.13. The highest BCUT2D eigenvalue weighted by Crippen LogP contribution is 2.30. The van der Waals surface area contributed by atoms with Crippen LogP contribution in [0.2, 0.25) is 0 Å². The molecule has 0 bridgehead atoms. The van der Waals surface area contributed by atoms with E-state index in [2.05, 4.69) is 5.32 Å². The molecule has 0 spiro atoms. The molecule has 2 rings (SSSR count). The van der Waals surface area contributed by atoms with E-state index in [-0.39, 0.29) is 29.7 Å². The SMILES string of the molecule is COC(=O)CC(NC1CCCC1S(C)(=O)=O)c1cccs1. The number of sulfone groups is 1. The molecule has 0 amide bonds. The van der Waals surface area contributed by atoms with Crippen LogP contribution in [0.15, 0.2) is 17.5 Å². The molecule has 0 aromatic carbocycles. The van der Waals surface area contributed by atoms with Gasteiger partial charge >= 0.3 is 5.97 Å². The van der Waals surface area contributed by atoms with Crippen molar-refractivity contribution in [1.29, 1.82) is 0 Å². The lowest BCUT2D eigenvalue weighted by Gasteiger charge is -2.25. The Hall–Kier alpha value is -0.920. The summed E-state index contributed by atoms with van der Waals surface area (Å²) in [6.45, 7) is 0. The Labute approximate surface area is 129 Å². The molecule has 3 unspecified atom stereocenters. The third-order valence-corrected chi connectivity index (χ3v) is 6.55. The summed E-state index contributed by atoms with van der Waals surface area (Å²) in [5.41, 5.74) is 0. The molecule has 1 saturated carbocycles. The minimum Gasteiger partial charge on any atom is -0.469 e. The van der Waals surface area contributed by atoms with E-state index < -0.39 is 9.84 Å². The van der Waals surface area contributed by atoms with Crippen molar-refractivity contribution in [3.05, 3.63) is 22.4 Å². The summed E-state index contributed by atoms with van der Waals surface area (Å²) >= 11 is 1.56. The second-order valence-electron chi connectivity index (χ2n) is 5.42. The van der Waals surface area contributed by atoms with E-state index in [1.807, 2.05) is 17.5 Å². The van der Waals surface area contributed by atoms with Crippen molar-refractivity contribution >= 4 is 27.1 Å². The first-order chi connectivity index (χ1) is 9.91. The molecule has 3 atom stereocenters. The van der Waals surface area contributed by atoms with Gasteiger partial charge in [0.05, 0.1) is 24.8 Å². The van der Waals surface area contributed by atoms with Crippen LogP contribution < -0.4 is 5.32 Å². The summed E-state index contributed by atoms with van der Waals surface area (Å²) in [6, 6.07) is 3.59. The smallest absolute Gasteiger partial charge is 0.307 e. The Kier molecular flexibility index (Phi) is 5.40. The Morgan fingerprint density at radius 1 is 1.52 bits per heavy atom. The molecule has 0 radical (unpaired) electrons. The van der Waals surface area contributed by atoms with Gasteiger partial charge in [-0.3, -0.25) is 4.79 Å². The first-order valence-electron chi connectivity index (χ1n) is 6.97. The van der Waals surface area contributed by atoms with Crippen LogP contribution in [0.4, 0.5) is 0 Å². The van der Waals surface area contributed by atoms with Crippen LogP contribution in [-0.2, 0) is 19.4 Å². The van der Waals surface area contributed by atoms with Gasteiger partial charge in [-0.05, 0) is 24.3 Å². The number of hydrogen-bond donors (Lipinski definition) is 1. The first kappa shape index (κ1) is 16.5. The number of hydrogen-bond acceptors (Lipinski definition) is 6. The van der Waals surface area contributed by atoms with E-state index in [0.29, 0.717) is 6.42 Å². The van der Waals surface area contributed by atoms with E-state index in [1.165, 1.54) is 13.4 Å². The van der Waals surface area contributed by atoms with Crippen LogP contribution in [0, 0.1) is 0 Å². The fraction of sp³-hybridized carbons (Fsp3) is 0.643. The summed E-state index contributed by atoms with van der Waals surface area (Å²) in [5, 5.41) is 4.96. The normalized spacial score (nSPS) is 23.9. The van der Waals surface area contributed by atoms with Gasteiger partial charge < -0.3 is 10.1 Å². The standard InChI is InChI=1S/C14H21NO4S2/c1-19-14(16)9-11(12-6-4-8-20-12)15-10-5-3-7-13(10)21(2,17)18/h4,6,8,10-11,13,15H,3,5,7,9H2,1-2H3. The van der Waals surface area contributed by atoms with Crippen LogP contribution in [-0.4, -0.2) is 39.0 Å². The Morgan fingerprint density at radius 3 is 2.86 bits per heavy atom. The molecular weight excluding hydrogens is 310 g/mol. The quantitative estimate of drug-likeness (QED) is 0.806. The van der Waals surface area contributed by atoms with Crippen molar-refractivity contribution in [1.82, 2.24) is 5.32 Å². The van der Waals surface area contributed by atoms with Crippen LogP contribution >= 0.6 is 11.3 Å².